The number of benzene rings is 2. The highest BCUT2D eigenvalue weighted by molar-refractivity contribution is 6.35. The zero-order valence-corrected chi connectivity index (χ0v) is 20.4. The number of nitrogens with two attached hydrogens (primary N) is 1. The van der Waals surface area contributed by atoms with Crippen LogP contribution in [0, 0.1) is 0 Å². The van der Waals surface area contributed by atoms with Crippen LogP contribution < -0.4 is 11.3 Å². The smallest absolute Gasteiger partial charge is 0.264 e. The minimum atomic E-state index is -0.351. The largest absolute Gasteiger partial charge is 0.383 e. The normalized spacial score (nSPS) is 16.1. The van der Waals surface area contributed by atoms with Crippen LogP contribution in [0.1, 0.15) is 41.9 Å². The number of H-pyrrole nitrogens is 1. The third-order valence-electron chi connectivity index (χ3n) is 6.36. The molecule has 0 spiro atoms. The van der Waals surface area contributed by atoms with Crippen LogP contribution in [0.25, 0.3) is 16.5 Å². The fourth-order valence-electron chi connectivity index (χ4n) is 4.74. The van der Waals surface area contributed by atoms with E-state index in [-0.39, 0.29) is 34.7 Å². The molecule has 1 saturated heterocycles. The van der Waals surface area contributed by atoms with E-state index in [1.807, 2.05) is 61.5 Å². The summed E-state index contributed by atoms with van der Waals surface area (Å²) in [6.07, 6.45) is 6.61. The third-order valence-corrected chi connectivity index (χ3v) is 6.67. The van der Waals surface area contributed by atoms with Crippen LogP contribution in [0.4, 0.5) is 11.6 Å². The Kier molecular flexibility index (Phi) is 6.43. The minimum absolute atomic E-state index is 0.157. The van der Waals surface area contributed by atoms with Gasteiger partial charge in [0.15, 0.2) is 5.82 Å². The molecule has 0 saturated carbocycles. The average Bonchev–Trinajstić information content (AvgIpc) is 3.51. The van der Waals surface area contributed by atoms with Gasteiger partial charge in [0.2, 0.25) is 0 Å². The lowest BCUT2D eigenvalue weighted by Gasteiger charge is -2.28. The van der Waals surface area contributed by atoms with Gasteiger partial charge in [0.25, 0.3) is 11.5 Å². The second kappa shape index (κ2) is 9.83. The van der Waals surface area contributed by atoms with Gasteiger partial charge in [-0.1, -0.05) is 48.0 Å². The van der Waals surface area contributed by atoms with Crippen LogP contribution >= 0.6 is 11.6 Å². The molecule has 3 heterocycles. The monoisotopic (exact) mass is 500 g/mol. The molecular weight excluding hydrogens is 476 g/mol. The highest BCUT2D eigenvalue weighted by Gasteiger charge is 2.36. The summed E-state index contributed by atoms with van der Waals surface area (Å²) in [6, 6.07) is 16.4. The molecule has 0 unspecified atom stereocenters. The number of halogens is 1. The van der Waals surface area contributed by atoms with E-state index in [4.69, 9.17) is 17.3 Å². The number of rotatable bonds is 5. The zero-order valence-electron chi connectivity index (χ0n) is 19.7. The maximum absolute atomic E-state index is 13.8. The van der Waals surface area contributed by atoms with Crippen molar-refractivity contribution in [2.75, 3.05) is 12.3 Å². The molecule has 1 aliphatic heterocycles. The molecule has 2 aromatic carbocycles. The van der Waals surface area contributed by atoms with Crippen LogP contribution in [0.5, 0.6) is 0 Å². The topological polar surface area (TPSA) is 109 Å². The fourth-order valence-corrected chi connectivity index (χ4v) is 5.00. The first kappa shape index (κ1) is 23.6. The Balaban J connectivity index is 1.66. The van der Waals surface area contributed by atoms with Crippen molar-refractivity contribution in [2.45, 2.75) is 25.8 Å². The van der Waals surface area contributed by atoms with Gasteiger partial charge in [-0.25, -0.2) is 4.99 Å². The molecule has 36 heavy (non-hydrogen) atoms. The molecule has 1 aliphatic rings. The SMILES string of the molecule is C/C=C\C=Nc1n[nH]c(N)c1C(=O)N1CCC[C@H]1c1cc2cccc(Cl)c2c(=O)n1-c1ccccc1. The number of anilines is 1. The summed E-state index contributed by atoms with van der Waals surface area (Å²) in [5.41, 5.74) is 7.53. The van der Waals surface area contributed by atoms with E-state index in [9.17, 15) is 9.59 Å². The molecule has 2 aromatic heterocycles. The molecule has 4 aromatic rings. The number of amides is 1. The number of nitrogens with one attached hydrogen (secondary N) is 1. The van der Waals surface area contributed by atoms with Crippen molar-refractivity contribution in [3.63, 3.8) is 0 Å². The van der Waals surface area contributed by atoms with Gasteiger partial charge in [-0.2, -0.15) is 5.10 Å². The van der Waals surface area contributed by atoms with Gasteiger partial charge < -0.3 is 10.6 Å². The summed E-state index contributed by atoms with van der Waals surface area (Å²) in [7, 11) is 0. The van der Waals surface area contributed by atoms with Crippen molar-refractivity contribution >= 4 is 46.1 Å². The summed E-state index contributed by atoms with van der Waals surface area (Å²) in [4.78, 5) is 33.6. The van der Waals surface area contributed by atoms with Gasteiger partial charge >= 0.3 is 0 Å². The maximum atomic E-state index is 13.8. The number of hydrogen-bond donors (Lipinski definition) is 2. The van der Waals surface area contributed by atoms with E-state index in [2.05, 4.69) is 15.2 Å². The number of nitrogens with zero attached hydrogens (tertiary/aromatic N) is 4. The standard InChI is InChI=1S/C27H25ClN6O2/c1-2-3-14-30-25-23(24(29)31-32-25)26(35)33-15-8-13-20(33)21-16-17-9-7-12-19(28)22(17)27(36)34(21)18-10-5-4-6-11-18/h2-7,9-12,14,16,20H,8,13,15H2,1H3,(H3,29,31,32)/b3-2-,30-14?/t20-/m0/s1. The quantitative estimate of drug-likeness (QED) is 0.367. The maximum Gasteiger partial charge on any atom is 0.264 e. The van der Waals surface area contributed by atoms with Crippen molar-refractivity contribution in [1.29, 1.82) is 0 Å². The van der Waals surface area contributed by atoms with Gasteiger partial charge in [-0.15, -0.1) is 0 Å². The van der Waals surface area contributed by atoms with Crippen molar-refractivity contribution in [2.24, 2.45) is 4.99 Å². The summed E-state index contributed by atoms with van der Waals surface area (Å²) in [6.45, 7) is 2.39. The number of aromatic nitrogens is 3. The highest BCUT2D eigenvalue weighted by Crippen LogP contribution is 2.37. The van der Waals surface area contributed by atoms with E-state index in [0.29, 0.717) is 34.8 Å². The second-order valence-electron chi connectivity index (χ2n) is 8.55. The van der Waals surface area contributed by atoms with Crippen LogP contribution in [0.3, 0.4) is 0 Å². The van der Waals surface area contributed by atoms with Crippen molar-refractivity contribution in [1.82, 2.24) is 19.7 Å². The number of carbonyl (C=O) groups is 1. The lowest BCUT2D eigenvalue weighted by atomic mass is 10.0. The molecule has 1 fully saturated rings. The van der Waals surface area contributed by atoms with E-state index in [1.165, 1.54) is 0 Å². The molecule has 8 nitrogen and oxygen atoms in total. The summed E-state index contributed by atoms with van der Waals surface area (Å²) in [5, 5.41) is 8.35. The summed E-state index contributed by atoms with van der Waals surface area (Å²) < 4.78 is 1.66. The lowest BCUT2D eigenvalue weighted by Crippen LogP contribution is -2.34. The second-order valence-corrected chi connectivity index (χ2v) is 8.95. The van der Waals surface area contributed by atoms with Gasteiger partial charge in [-0.05, 0) is 55.5 Å². The Morgan fingerprint density at radius 1 is 1.22 bits per heavy atom. The predicted molar refractivity (Wildman–Crippen MR) is 144 cm³/mol. The zero-order chi connectivity index (χ0) is 25.2. The first-order valence-electron chi connectivity index (χ1n) is 11.7. The van der Waals surface area contributed by atoms with Gasteiger partial charge in [0, 0.05) is 24.1 Å². The third kappa shape index (κ3) is 4.09. The Bertz CT molecular complexity index is 1550. The Labute approximate surface area is 212 Å². The number of fused-ring (bicyclic) bond motifs is 1. The van der Waals surface area contributed by atoms with E-state index >= 15 is 0 Å². The first-order valence-corrected chi connectivity index (χ1v) is 12.1. The predicted octanol–water partition coefficient (Wildman–Crippen LogP) is 5.21. The molecule has 1 amide bonds. The molecule has 0 radical (unpaired) electrons. The number of carbonyl (C=O) groups excluding carboxylic acids is 1. The van der Waals surface area contributed by atoms with Crippen molar-refractivity contribution < 1.29 is 4.79 Å². The molecule has 5 rings (SSSR count). The number of allylic oxidation sites excluding steroid dienone is 2. The van der Waals surface area contributed by atoms with E-state index < -0.39 is 0 Å². The first-order chi connectivity index (χ1) is 17.5. The Hall–Kier alpha value is -4.17. The lowest BCUT2D eigenvalue weighted by molar-refractivity contribution is 0.0733. The fraction of sp³-hybridized carbons (Fsp3) is 0.185. The molecule has 0 aliphatic carbocycles. The number of likely N-dealkylation sites (tertiary alicyclic amines) is 1. The van der Waals surface area contributed by atoms with Crippen molar-refractivity contribution in [3.05, 3.63) is 93.4 Å². The van der Waals surface area contributed by atoms with Crippen LogP contribution in [-0.4, -0.2) is 38.3 Å². The molecule has 0 bridgehead atoms. The molecule has 182 valence electrons. The summed E-state index contributed by atoms with van der Waals surface area (Å²) >= 11 is 6.45. The number of para-hydroxylation sites is 1. The van der Waals surface area contributed by atoms with Gasteiger partial charge in [-0.3, -0.25) is 19.3 Å². The Morgan fingerprint density at radius 2 is 2.03 bits per heavy atom. The summed E-state index contributed by atoms with van der Waals surface area (Å²) in [5.74, 6) is 0.102. The van der Waals surface area contributed by atoms with Crippen LogP contribution in [0.2, 0.25) is 5.02 Å². The van der Waals surface area contributed by atoms with Gasteiger partial charge in [0.05, 0.1) is 16.5 Å². The number of aromatic amines is 1. The molecule has 3 N–H and O–H groups in total. The average molecular weight is 501 g/mol. The highest BCUT2D eigenvalue weighted by atomic mass is 35.5. The number of pyridine rings is 1. The molecule has 9 heteroatoms. The molecular formula is C27H25ClN6O2. The van der Waals surface area contributed by atoms with E-state index in [0.717, 1.165) is 11.8 Å². The number of hydrogen-bond acceptors (Lipinski definition) is 5. The number of aliphatic imine (C=N–C) groups is 1. The van der Waals surface area contributed by atoms with Crippen LogP contribution in [-0.2, 0) is 0 Å². The van der Waals surface area contributed by atoms with Gasteiger partial charge in [0.1, 0.15) is 11.4 Å². The minimum Gasteiger partial charge on any atom is -0.383 e. The van der Waals surface area contributed by atoms with Crippen LogP contribution in [0.15, 0.2) is 76.5 Å². The van der Waals surface area contributed by atoms with Crippen molar-refractivity contribution in [3.8, 4) is 5.69 Å². The molecule has 1 atom stereocenters. The Morgan fingerprint density at radius 3 is 2.81 bits per heavy atom. The number of nitrogen functional groups attached to an aromatic ring is 1. The van der Waals surface area contributed by atoms with E-state index in [1.54, 1.807) is 27.8 Å².